The molecule has 31 heavy (non-hydrogen) atoms. The van der Waals surface area contributed by atoms with E-state index in [9.17, 15) is 9.59 Å². The second-order valence-electron chi connectivity index (χ2n) is 6.88. The molecule has 0 bridgehead atoms. The van der Waals surface area contributed by atoms with Crippen molar-refractivity contribution < 1.29 is 14.0 Å². The van der Waals surface area contributed by atoms with Crippen molar-refractivity contribution >= 4 is 23.6 Å². The maximum absolute atomic E-state index is 12.3. The molecule has 2 aromatic carbocycles. The fourth-order valence-electron chi connectivity index (χ4n) is 3.17. The van der Waals surface area contributed by atoms with Gasteiger partial charge >= 0.3 is 0 Å². The van der Waals surface area contributed by atoms with Crippen molar-refractivity contribution in [3.05, 3.63) is 96.6 Å². The lowest BCUT2D eigenvalue weighted by atomic mass is 10.1. The van der Waals surface area contributed by atoms with Crippen molar-refractivity contribution in [1.82, 2.24) is 14.9 Å². The summed E-state index contributed by atoms with van der Waals surface area (Å²) >= 11 is 1.29. The van der Waals surface area contributed by atoms with Crippen molar-refractivity contribution in [3.8, 4) is 11.3 Å². The zero-order valence-electron chi connectivity index (χ0n) is 16.7. The number of hydrogen-bond donors (Lipinski definition) is 1. The molecule has 156 valence electrons. The van der Waals surface area contributed by atoms with Crippen LogP contribution < -0.4 is 5.32 Å². The summed E-state index contributed by atoms with van der Waals surface area (Å²) in [5.74, 6) is 0.212. The molecule has 0 aliphatic rings. The van der Waals surface area contributed by atoms with Gasteiger partial charge in [-0.3, -0.25) is 14.9 Å². The number of rotatable bonds is 8. The van der Waals surface area contributed by atoms with Crippen LogP contribution in [0, 0.1) is 0 Å². The molecular weight excluding hydrogens is 410 g/mol. The number of thioether (sulfide) groups is 1. The van der Waals surface area contributed by atoms with Gasteiger partial charge in [-0.05, 0) is 23.3 Å². The number of amides is 2. The lowest BCUT2D eigenvalue weighted by molar-refractivity contribution is -0.128. The van der Waals surface area contributed by atoms with E-state index in [1.807, 2.05) is 77.4 Å². The minimum atomic E-state index is -0.347. The van der Waals surface area contributed by atoms with Crippen molar-refractivity contribution in [3.63, 3.8) is 0 Å². The number of hydrogen-bond acceptors (Lipinski definition) is 5. The number of nitrogens with zero attached hydrogens (tertiary/aromatic N) is 2. The van der Waals surface area contributed by atoms with Crippen molar-refractivity contribution in [2.45, 2.75) is 18.1 Å². The van der Waals surface area contributed by atoms with E-state index in [-0.39, 0.29) is 24.0 Å². The van der Waals surface area contributed by atoms with Crippen LogP contribution >= 0.6 is 11.8 Å². The van der Waals surface area contributed by atoms with Crippen LogP contribution in [0.25, 0.3) is 11.3 Å². The molecule has 6 nitrogen and oxygen atoms in total. The Balaban J connectivity index is 1.43. The van der Waals surface area contributed by atoms with Crippen molar-refractivity contribution in [2.24, 2.45) is 0 Å². The predicted octanol–water partition coefficient (Wildman–Crippen LogP) is 4.17. The summed E-state index contributed by atoms with van der Waals surface area (Å²) in [6, 6.07) is 23.0. The lowest BCUT2D eigenvalue weighted by Gasteiger charge is -2.11. The monoisotopic (exact) mass is 431 g/mol. The minimum Gasteiger partial charge on any atom is -0.467 e. The maximum Gasteiger partial charge on any atom is 0.237 e. The van der Waals surface area contributed by atoms with Crippen molar-refractivity contribution in [1.29, 1.82) is 0 Å². The molecule has 0 unspecified atom stereocenters. The number of aromatic nitrogens is 2. The van der Waals surface area contributed by atoms with E-state index >= 15 is 0 Å². The van der Waals surface area contributed by atoms with Gasteiger partial charge in [0, 0.05) is 0 Å². The first-order valence-electron chi connectivity index (χ1n) is 9.82. The van der Waals surface area contributed by atoms with Crippen LogP contribution in [-0.2, 0) is 22.6 Å². The van der Waals surface area contributed by atoms with Gasteiger partial charge in [-0.1, -0.05) is 72.4 Å². The fraction of sp³-hybridized carbons (Fsp3) is 0.125. The highest BCUT2D eigenvalue weighted by atomic mass is 32.2. The number of carbonyl (C=O) groups excluding carboxylic acids is 2. The Bertz CT molecular complexity index is 1140. The molecule has 2 amide bonds. The van der Waals surface area contributed by atoms with Crippen LogP contribution in [0.4, 0.5) is 0 Å². The molecule has 4 rings (SSSR count). The first kappa shape index (κ1) is 20.7. The van der Waals surface area contributed by atoms with E-state index in [1.54, 1.807) is 12.5 Å². The van der Waals surface area contributed by atoms with E-state index in [2.05, 4.69) is 10.3 Å². The van der Waals surface area contributed by atoms with Gasteiger partial charge in [-0.25, -0.2) is 4.98 Å². The highest BCUT2D eigenvalue weighted by Gasteiger charge is 2.16. The molecule has 2 heterocycles. The lowest BCUT2D eigenvalue weighted by Crippen LogP contribution is -2.33. The molecule has 0 saturated carbocycles. The number of imide groups is 1. The quantitative estimate of drug-likeness (QED) is 0.424. The molecule has 7 heteroatoms. The number of benzene rings is 2. The summed E-state index contributed by atoms with van der Waals surface area (Å²) < 4.78 is 7.52. The zero-order valence-corrected chi connectivity index (χ0v) is 17.5. The van der Waals surface area contributed by atoms with E-state index < -0.39 is 0 Å². The van der Waals surface area contributed by atoms with Crippen LogP contribution in [0.1, 0.15) is 11.3 Å². The molecule has 0 saturated heterocycles. The van der Waals surface area contributed by atoms with E-state index in [4.69, 9.17) is 4.42 Å². The Labute approximate surface area is 184 Å². The van der Waals surface area contributed by atoms with Crippen LogP contribution in [0.15, 0.2) is 94.8 Å². The Kier molecular flexibility index (Phi) is 6.64. The molecule has 1 N–H and O–H groups in total. The molecule has 0 atom stereocenters. The van der Waals surface area contributed by atoms with E-state index in [1.165, 1.54) is 11.8 Å². The van der Waals surface area contributed by atoms with Crippen LogP contribution in [0.2, 0.25) is 0 Å². The molecular formula is C24H21N3O3S. The molecule has 0 aliphatic carbocycles. The Morgan fingerprint density at radius 3 is 2.39 bits per heavy atom. The van der Waals surface area contributed by atoms with Gasteiger partial charge in [0.25, 0.3) is 0 Å². The summed E-state index contributed by atoms with van der Waals surface area (Å²) in [4.78, 5) is 29.0. The van der Waals surface area contributed by atoms with Gasteiger partial charge in [-0.15, -0.1) is 0 Å². The number of carbonyl (C=O) groups is 2. The summed E-state index contributed by atoms with van der Waals surface area (Å²) in [5, 5.41) is 3.13. The zero-order chi connectivity index (χ0) is 21.5. The first-order chi connectivity index (χ1) is 15.2. The predicted molar refractivity (Wildman–Crippen MR) is 119 cm³/mol. The average Bonchev–Trinajstić information content (AvgIpc) is 3.44. The van der Waals surface area contributed by atoms with Gasteiger partial charge in [0.05, 0.1) is 36.9 Å². The molecule has 0 radical (unpaired) electrons. The van der Waals surface area contributed by atoms with Crippen LogP contribution in [0.5, 0.6) is 0 Å². The van der Waals surface area contributed by atoms with Crippen LogP contribution in [0.3, 0.4) is 0 Å². The first-order valence-corrected chi connectivity index (χ1v) is 10.8. The van der Waals surface area contributed by atoms with E-state index in [0.717, 1.165) is 22.6 Å². The Hall–Kier alpha value is -3.58. The van der Waals surface area contributed by atoms with Gasteiger partial charge in [0.1, 0.15) is 5.76 Å². The largest absolute Gasteiger partial charge is 0.467 e. The topological polar surface area (TPSA) is 77.1 Å². The number of imidazole rings is 1. The summed E-state index contributed by atoms with van der Waals surface area (Å²) in [6.45, 7) is 0.494. The third-order valence-corrected chi connectivity index (χ3v) is 5.59. The van der Waals surface area contributed by atoms with E-state index in [0.29, 0.717) is 11.7 Å². The Morgan fingerprint density at radius 2 is 1.68 bits per heavy atom. The molecule has 4 aromatic rings. The third-order valence-electron chi connectivity index (χ3n) is 4.60. The van der Waals surface area contributed by atoms with Gasteiger partial charge in [0.2, 0.25) is 11.8 Å². The molecule has 0 fully saturated rings. The maximum atomic E-state index is 12.3. The highest BCUT2D eigenvalue weighted by molar-refractivity contribution is 7.99. The summed E-state index contributed by atoms with van der Waals surface area (Å²) in [5.41, 5.74) is 2.82. The summed E-state index contributed by atoms with van der Waals surface area (Å²) in [6.07, 6.45) is 3.59. The normalized spacial score (nSPS) is 10.7. The molecule has 2 aromatic heterocycles. The number of nitrogens with one attached hydrogen (secondary N) is 1. The SMILES string of the molecule is O=C(CSc1ncc(-c2ccccc2)n1Cc1ccco1)NC(=O)Cc1ccccc1. The summed E-state index contributed by atoms with van der Waals surface area (Å²) in [7, 11) is 0. The van der Waals surface area contributed by atoms with Crippen molar-refractivity contribution in [2.75, 3.05) is 5.75 Å². The fourth-order valence-corrected chi connectivity index (χ4v) is 3.95. The molecule has 0 spiro atoms. The van der Waals surface area contributed by atoms with Gasteiger partial charge < -0.3 is 8.98 Å². The van der Waals surface area contributed by atoms with Gasteiger partial charge in [-0.2, -0.15) is 0 Å². The highest BCUT2D eigenvalue weighted by Crippen LogP contribution is 2.27. The molecule has 0 aliphatic heterocycles. The second-order valence-corrected chi connectivity index (χ2v) is 7.82. The Morgan fingerprint density at radius 1 is 0.935 bits per heavy atom. The minimum absolute atomic E-state index is 0.0872. The standard InChI is InChI=1S/C24H21N3O3S/c28-22(14-18-8-3-1-4-9-18)26-23(29)17-31-24-25-15-21(19-10-5-2-6-11-19)27(24)16-20-12-7-13-30-20/h1-13,15H,14,16-17H2,(H,26,28,29). The smallest absolute Gasteiger partial charge is 0.237 e. The average molecular weight is 432 g/mol. The van der Waals surface area contributed by atoms with Gasteiger partial charge in [0.15, 0.2) is 5.16 Å². The van der Waals surface area contributed by atoms with Crippen LogP contribution in [-0.4, -0.2) is 27.1 Å². The second kappa shape index (κ2) is 9.95. The number of furan rings is 1. The third kappa shape index (κ3) is 5.52.